The van der Waals surface area contributed by atoms with Crippen LogP contribution in [0, 0.1) is 6.92 Å². The van der Waals surface area contributed by atoms with E-state index in [1.54, 1.807) is 12.1 Å². The minimum atomic E-state index is -0.158. The van der Waals surface area contributed by atoms with Gasteiger partial charge in [0.2, 0.25) is 5.91 Å². The average molecular weight is 453 g/mol. The van der Waals surface area contributed by atoms with Crippen LogP contribution in [0.4, 0.5) is 11.4 Å². The molecule has 0 unspecified atom stereocenters. The summed E-state index contributed by atoms with van der Waals surface area (Å²) in [5.41, 5.74) is 2.67. The van der Waals surface area contributed by atoms with E-state index >= 15 is 0 Å². The summed E-state index contributed by atoms with van der Waals surface area (Å²) in [6.45, 7) is 5.93. The van der Waals surface area contributed by atoms with Crippen LogP contribution >= 0.6 is 22.9 Å². The van der Waals surface area contributed by atoms with Gasteiger partial charge in [-0.25, -0.2) is 0 Å². The number of rotatable bonds is 4. The molecule has 1 aromatic heterocycles. The molecule has 0 radical (unpaired) electrons. The average Bonchev–Trinajstić information content (AvgIpc) is 3.21. The van der Waals surface area contributed by atoms with Crippen molar-refractivity contribution in [2.75, 3.05) is 9.80 Å². The van der Waals surface area contributed by atoms with Gasteiger partial charge in [-0.15, -0.1) is 11.3 Å². The van der Waals surface area contributed by atoms with Crippen molar-refractivity contribution in [3.63, 3.8) is 0 Å². The maximum atomic E-state index is 13.4. The van der Waals surface area contributed by atoms with E-state index in [0.717, 1.165) is 26.7 Å². The SMILES string of the molecule is CCC(=O)N(c1ccc(Cl)cc1)[C@H]1C[C@@H](C)N(C(=O)c2ccc(C)s2)c2ccccc21. The second kappa shape index (κ2) is 8.85. The Hall–Kier alpha value is -2.63. The second-order valence-corrected chi connectivity index (χ2v) is 9.56. The topological polar surface area (TPSA) is 40.6 Å². The summed E-state index contributed by atoms with van der Waals surface area (Å²) in [6, 6.07) is 18.9. The van der Waals surface area contributed by atoms with Crippen LogP contribution in [0.2, 0.25) is 5.02 Å². The van der Waals surface area contributed by atoms with Crippen LogP contribution in [0.15, 0.2) is 60.7 Å². The number of aryl methyl sites for hydroxylation is 1. The third-order valence-corrected chi connectivity index (χ3v) is 6.96. The highest BCUT2D eigenvalue weighted by Crippen LogP contribution is 2.43. The summed E-state index contributed by atoms with van der Waals surface area (Å²) in [5.74, 6) is 0.0549. The first-order valence-electron chi connectivity index (χ1n) is 10.5. The minimum absolute atomic E-state index is 0.0105. The zero-order valence-electron chi connectivity index (χ0n) is 17.8. The molecule has 0 saturated heterocycles. The van der Waals surface area contributed by atoms with Gasteiger partial charge in [0.1, 0.15) is 0 Å². The monoisotopic (exact) mass is 452 g/mol. The predicted molar refractivity (Wildman–Crippen MR) is 128 cm³/mol. The Kier molecular flexibility index (Phi) is 6.17. The van der Waals surface area contributed by atoms with Gasteiger partial charge in [-0.3, -0.25) is 9.59 Å². The van der Waals surface area contributed by atoms with Crippen LogP contribution in [0.5, 0.6) is 0 Å². The van der Waals surface area contributed by atoms with Gasteiger partial charge < -0.3 is 9.80 Å². The smallest absolute Gasteiger partial charge is 0.268 e. The van der Waals surface area contributed by atoms with E-state index in [1.165, 1.54) is 11.3 Å². The maximum Gasteiger partial charge on any atom is 0.268 e. The van der Waals surface area contributed by atoms with Crippen LogP contribution in [-0.4, -0.2) is 17.9 Å². The van der Waals surface area contributed by atoms with Gasteiger partial charge >= 0.3 is 0 Å². The first-order chi connectivity index (χ1) is 14.9. The summed E-state index contributed by atoms with van der Waals surface area (Å²) in [7, 11) is 0. The molecule has 0 N–H and O–H groups in total. The van der Waals surface area contributed by atoms with Crippen LogP contribution in [-0.2, 0) is 4.79 Å². The van der Waals surface area contributed by atoms with Gasteiger partial charge in [0, 0.05) is 33.7 Å². The van der Waals surface area contributed by atoms with Gasteiger partial charge in [-0.05, 0) is 68.3 Å². The number of anilines is 2. The van der Waals surface area contributed by atoms with Gasteiger partial charge in [0.05, 0.1) is 10.9 Å². The number of para-hydroxylation sites is 1. The molecule has 4 nitrogen and oxygen atoms in total. The lowest BCUT2D eigenvalue weighted by Gasteiger charge is -2.43. The molecule has 0 bridgehead atoms. The Labute approximate surface area is 192 Å². The molecular formula is C25H25ClN2O2S. The summed E-state index contributed by atoms with van der Waals surface area (Å²) in [5, 5.41) is 0.632. The molecule has 2 amide bonds. The van der Waals surface area contributed by atoms with Crippen LogP contribution in [0.25, 0.3) is 0 Å². The number of thiophene rings is 1. The van der Waals surface area contributed by atoms with Crippen LogP contribution in [0.1, 0.15) is 52.8 Å². The molecule has 31 heavy (non-hydrogen) atoms. The molecule has 160 valence electrons. The Morgan fingerprint density at radius 3 is 2.45 bits per heavy atom. The number of nitrogens with zero attached hydrogens (tertiary/aromatic N) is 2. The van der Waals surface area contributed by atoms with Crippen molar-refractivity contribution in [3.05, 3.63) is 81.0 Å². The highest BCUT2D eigenvalue weighted by atomic mass is 35.5. The predicted octanol–water partition coefficient (Wildman–Crippen LogP) is 6.63. The highest BCUT2D eigenvalue weighted by Gasteiger charge is 2.38. The molecule has 4 rings (SSSR count). The molecule has 1 aliphatic rings. The first kappa shape index (κ1) is 21.6. The third-order valence-electron chi connectivity index (χ3n) is 5.72. The summed E-state index contributed by atoms with van der Waals surface area (Å²) in [4.78, 5) is 32.1. The van der Waals surface area contributed by atoms with Crippen molar-refractivity contribution in [2.24, 2.45) is 0 Å². The Morgan fingerprint density at radius 1 is 1.10 bits per heavy atom. The number of halogens is 1. The molecule has 2 heterocycles. The number of carbonyl (C=O) groups excluding carboxylic acids is 2. The van der Waals surface area contributed by atoms with Crippen molar-refractivity contribution in [1.29, 1.82) is 0 Å². The summed E-state index contributed by atoms with van der Waals surface area (Å²) >= 11 is 7.60. The summed E-state index contributed by atoms with van der Waals surface area (Å²) in [6.07, 6.45) is 1.05. The fourth-order valence-electron chi connectivity index (χ4n) is 4.27. The molecule has 0 spiro atoms. The molecule has 0 fully saturated rings. The number of carbonyl (C=O) groups is 2. The molecule has 3 aromatic rings. The Bertz CT molecular complexity index is 1110. The molecular weight excluding hydrogens is 428 g/mol. The molecule has 0 aliphatic carbocycles. The van der Waals surface area contributed by atoms with E-state index in [-0.39, 0.29) is 23.9 Å². The lowest BCUT2D eigenvalue weighted by Crippen LogP contribution is -2.47. The normalized spacial score (nSPS) is 17.9. The Morgan fingerprint density at radius 2 is 1.81 bits per heavy atom. The zero-order chi connectivity index (χ0) is 22.1. The minimum Gasteiger partial charge on any atom is -0.305 e. The van der Waals surface area contributed by atoms with Crippen LogP contribution in [0.3, 0.4) is 0 Å². The largest absolute Gasteiger partial charge is 0.305 e. The van der Waals surface area contributed by atoms with Gasteiger partial charge in [0.25, 0.3) is 5.91 Å². The fourth-order valence-corrected chi connectivity index (χ4v) is 5.20. The molecule has 0 saturated carbocycles. The lowest BCUT2D eigenvalue weighted by molar-refractivity contribution is -0.118. The number of benzene rings is 2. The van der Waals surface area contributed by atoms with Crippen molar-refractivity contribution in [2.45, 2.75) is 45.7 Å². The molecule has 2 aromatic carbocycles. The zero-order valence-corrected chi connectivity index (χ0v) is 19.4. The van der Waals surface area contributed by atoms with E-state index in [2.05, 4.69) is 6.92 Å². The number of fused-ring (bicyclic) bond motifs is 1. The van der Waals surface area contributed by atoms with E-state index in [9.17, 15) is 9.59 Å². The van der Waals surface area contributed by atoms with Crippen LogP contribution < -0.4 is 9.80 Å². The number of amides is 2. The number of hydrogen-bond acceptors (Lipinski definition) is 3. The maximum absolute atomic E-state index is 13.4. The van der Waals surface area contributed by atoms with Gasteiger partial charge in [0.15, 0.2) is 0 Å². The molecule has 2 atom stereocenters. The van der Waals surface area contributed by atoms with Crippen molar-refractivity contribution in [3.8, 4) is 0 Å². The van der Waals surface area contributed by atoms with E-state index in [1.807, 2.05) is 72.2 Å². The van der Waals surface area contributed by atoms with Crippen molar-refractivity contribution < 1.29 is 9.59 Å². The van der Waals surface area contributed by atoms with Gasteiger partial charge in [-0.1, -0.05) is 36.7 Å². The highest BCUT2D eigenvalue weighted by molar-refractivity contribution is 7.14. The van der Waals surface area contributed by atoms with Crippen molar-refractivity contribution >= 4 is 46.1 Å². The molecule has 1 aliphatic heterocycles. The van der Waals surface area contributed by atoms with E-state index < -0.39 is 0 Å². The Balaban J connectivity index is 1.79. The lowest BCUT2D eigenvalue weighted by atomic mass is 9.89. The standard InChI is InChI=1S/C25H25ClN2O2S/c1-4-24(29)28(19-12-10-18(26)11-13-19)22-15-16(2)27(21-8-6-5-7-20(21)22)25(30)23-14-9-17(3)31-23/h5-14,16,22H,4,15H2,1-3H3/t16-,22+/m1/s1. The fraction of sp³-hybridized carbons (Fsp3) is 0.280. The summed E-state index contributed by atoms with van der Waals surface area (Å²) < 4.78 is 0. The first-order valence-corrected chi connectivity index (χ1v) is 11.7. The second-order valence-electron chi connectivity index (χ2n) is 7.84. The quantitative estimate of drug-likeness (QED) is 0.445. The number of hydrogen-bond donors (Lipinski definition) is 0. The van der Waals surface area contributed by atoms with E-state index in [0.29, 0.717) is 17.9 Å². The van der Waals surface area contributed by atoms with Crippen molar-refractivity contribution in [1.82, 2.24) is 0 Å². The van der Waals surface area contributed by atoms with Gasteiger partial charge in [-0.2, -0.15) is 0 Å². The third kappa shape index (κ3) is 4.12. The van der Waals surface area contributed by atoms with E-state index in [4.69, 9.17) is 11.6 Å². The molecule has 6 heteroatoms.